The van der Waals surface area contributed by atoms with Crippen LogP contribution in [0, 0.1) is 0 Å². The summed E-state index contributed by atoms with van der Waals surface area (Å²) in [4.78, 5) is 33.7. The number of thiophene rings is 1. The van der Waals surface area contributed by atoms with Crippen LogP contribution in [0.2, 0.25) is 0 Å². The zero-order chi connectivity index (χ0) is 32.8. The number of aromatic nitrogens is 3. The minimum absolute atomic E-state index is 0.0871. The monoisotopic (exact) mass is 649 g/mol. The summed E-state index contributed by atoms with van der Waals surface area (Å²) in [6.45, 7) is 7.61. The maximum absolute atomic E-state index is 16.0. The van der Waals surface area contributed by atoms with Gasteiger partial charge in [0.1, 0.15) is 23.8 Å². The van der Waals surface area contributed by atoms with E-state index in [4.69, 9.17) is 19.6 Å². The Kier molecular flexibility index (Phi) is 7.99. The van der Waals surface area contributed by atoms with Crippen LogP contribution < -0.4 is 0 Å². The number of hydrogen-bond acceptors (Lipinski definition) is 7. The number of likely N-dealkylation sites (N-methyl/N-ethyl adjacent to an activating group) is 1. The second-order valence-corrected chi connectivity index (χ2v) is 12.6. The van der Waals surface area contributed by atoms with E-state index in [1.807, 2.05) is 41.3 Å². The van der Waals surface area contributed by atoms with Crippen LogP contribution in [0.4, 0.5) is 4.39 Å². The maximum atomic E-state index is 16.0. The fourth-order valence-corrected chi connectivity index (χ4v) is 7.36. The van der Waals surface area contributed by atoms with E-state index in [2.05, 4.69) is 24.1 Å². The fourth-order valence-electron chi connectivity index (χ4n) is 6.41. The van der Waals surface area contributed by atoms with E-state index in [9.17, 15) is 9.59 Å². The third-order valence-corrected chi connectivity index (χ3v) is 9.79. The molecule has 11 heteroatoms. The summed E-state index contributed by atoms with van der Waals surface area (Å²) in [6.07, 6.45) is 2.92. The Morgan fingerprint density at radius 2 is 2.04 bits per heavy atom. The molecule has 3 aromatic heterocycles. The molecule has 5 heterocycles. The quantitative estimate of drug-likeness (QED) is 0.133. The Hall–Kier alpha value is -5.05. The van der Waals surface area contributed by atoms with Crippen molar-refractivity contribution >= 4 is 38.8 Å². The molecule has 4 aromatic rings. The largest absolute Gasteiger partial charge is 0.482 e. The first kappa shape index (κ1) is 30.6. The highest BCUT2D eigenvalue weighted by Gasteiger charge is 2.32. The Bertz CT molecular complexity index is 2110. The van der Waals surface area contributed by atoms with Gasteiger partial charge in [0, 0.05) is 54.5 Å². The van der Waals surface area contributed by atoms with E-state index in [0.29, 0.717) is 49.6 Å². The van der Waals surface area contributed by atoms with Crippen molar-refractivity contribution in [2.75, 3.05) is 33.9 Å². The first-order chi connectivity index (χ1) is 22.8. The van der Waals surface area contributed by atoms with E-state index < -0.39 is 5.83 Å². The summed E-state index contributed by atoms with van der Waals surface area (Å²) in [6, 6.07) is 9.74. The number of allylic oxidation sites excluding steroid dienone is 3. The molecule has 2 aliphatic heterocycles. The molecule has 0 unspecified atom stereocenters. The summed E-state index contributed by atoms with van der Waals surface area (Å²) >= 11 is 1.48. The van der Waals surface area contributed by atoms with Crippen molar-refractivity contribution in [3.05, 3.63) is 99.9 Å². The Morgan fingerprint density at radius 3 is 2.85 bits per heavy atom. The van der Waals surface area contributed by atoms with Gasteiger partial charge in [-0.1, -0.05) is 24.4 Å². The average Bonchev–Trinajstić information content (AvgIpc) is 3.73. The number of halogens is 1. The Balaban J connectivity index is 1.45. The number of fused-ring (bicyclic) bond motifs is 3. The van der Waals surface area contributed by atoms with Gasteiger partial charge in [-0.25, -0.2) is 9.37 Å². The molecular formula is C36H32FN5O4S. The molecule has 0 spiro atoms. The summed E-state index contributed by atoms with van der Waals surface area (Å²) < 4.78 is 29.9. The summed E-state index contributed by atoms with van der Waals surface area (Å²) in [5, 5.41) is 7.79. The van der Waals surface area contributed by atoms with E-state index in [1.54, 1.807) is 24.0 Å². The standard InChI is InChI=1S/C36H32FN5O4S/c1-5-30(43)41-12-13-42-28(21(41)2)19-27(39-42)35-33(32-26(37)7-6-8-29(32)46-15-14-45-4)36-25(11-16-47-36)34(38-35)23-10-9-22-18-31(44)40(3)20-24(22)17-23/h5,7,9-11,16-17,19,21H,1,12-15,18,20H2,2-4H3/t21-/m1/s1. The molecule has 1 aliphatic carbocycles. The highest BCUT2D eigenvalue weighted by atomic mass is 32.1. The molecule has 1 atom stereocenters. The smallest absolute Gasteiger partial charge is 0.246 e. The normalized spacial score (nSPS) is 17.2. The summed E-state index contributed by atoms with van der Waals surface area (Å²) in [5.74, 6) is -0.384. The minimum atomic E-state index is -0.525. The predicted molar refractivity (Wildman–Crippen MR) is 178 cm³/mol. The van der Waals surface area contributed by atoms with Gasteiger partial charge in [0.15, 0.2) is 5.76 Å². The molecule has 0 N–H and O–H groups in total. The van der Waals surface area contributed by atoms with Crippen molar-refractivity contribution in [1.82, 2.24) is 24.6 Å². The lowest BCUT2D eigenvalue weighted by molar-refractivity contribution is -0.130. The van der Waals surface area contributed by atoms with Gasteiger partial charge < -0.3 is 19.3 Å². The van der Waals surface area contributed by atoms with E-state index in [1.165, 1.54) is 23.5 Å². The van der Waals surface area contributed by atoms with Crippen LogP contribution in [0.5, 0.6) is 0 Å². The number of carbonyl (C=O) groups is 2. The van der Waals surface area contributed by atoms with Crippen LogP contribution in [0.15, 0.2) is 77.5 Å². The number of ether oxygens (including phenoxy) is 2. The number of methoxy groups -OCH3 is 1. The van der Waals surface area contributed by atoms with Gasteiger partial charge in [-0.3, -0.25) is 14.3 Å². The molecule has 0 saturated carbocycles. The fraction of sp³-hybridized carbons (Fsp3) is 0.278. The van der Waals surface area contributed by atoms with Gasteiger partial charge in [0.05, 0.1) is 42.6 Å². The Morgan fingerprint density at radius 1 is 1.19 bits per heavy atom. The van der Waals surface area contributed by atoms with Gasteiger partial charge in [0.25, 0.3) is 0 Å². The topological polar surface area (TPSA) is 89.8 Å². The van der Waals surface area contributed by atoms with Crippen molar-refractivity contribution in [3.63, 3.8) is 0 Å². The average molecular weight is 650 g/mol. The highest BCUT2D eigenvalue weighted by molar-refractivity contribution is 7.17. The van der Waals surface area contributed by atoms with Crippen molar-refractivity contribution < 1.29 is 23.5 Å². The number of pyridine rings is 1. The molecule has 0 saturated heterocycles. The van der Waals surface area contributed by atoms with Gasteiger partial charge in [-0.15, -0.1) is 11.3 Å². The molecule has 238 valence electrons. The molecule has 7 rings (SSSR count). The molecule has 0 fully saturated rings. The molecule has 1 aromatic carbocycles. The predicted octanol–water partition coefficient (Wildman–Crippen LogP) is 5.98. The van der Waals surface area contributed by atoms with Gasteiger partial charge in [-0.05, 0) is 53.4 Å². The van der Waals surface area contributed by atoms with Crippen molar-refractivity contribution in [2.24, 2.45) is 0 Å². The zero-order valence-electron chi connectivity index (χ0n) is 26.3. The van der Waals surface area contributed by atoms with Gasteiger partial charge in [0.2, 0.25) is 11.8 Å². The maximum Gasteiger partial charge on any atom is 0.246 e. The second kappa shape index (κ2) is 12.3. The summed E-state index contributed by atoms with van der Waals surface area (Å²) in [7, 11) is 3.38. The zero-order valence-corrected chi connectivity index (χ0v) is 27.1. The highest BCUT2D eigenvalue weighted by Crippen LogP contribution is 2.45. The minimum Gasteiger partial charge on any atom is -0.482 e. The van der Waals surface area contributed by atoms with E-state index in [0.717, 1.165) is 38.2 Å². The van der Waals surface area contributed by atoms with Gasteiger partial charge in [-0.2, -0.15) is 5.10 Å². The van der Waals surface area contributed by atoms with Crippen LogP contribution in [-0.2, 0) is 38.6 Å². The number of rotatable bonds is 8. The van der Waals surface area contributed by atoms with Crippen LogP contribution in [0.1, 0.15) is 35.3 Å². The molecular weight excluding hydrogens is 617 g/mol. The molecule has 47 heavy (non-hydrogen) atoms. The van der Waals surface area contributed by atoms with Crippen LogP contribution in [-0.4, -0.2) is 70.3 Å². The number of hydrogen-bond donors (Lipinski definition) is 0. The van der Waals surface area contributed by atoms with E-state index in [-0.39, 0.29) is 35.8 Å². The first-order valence-electron chi connectivity index (χ1n) is 15.3. The first-order valence-corrected chi connectivity index (χ1v) is 16.2. The molecule has 3 aliphatic rings. The lowest BCUT2D eigenvalue weighted by atomic mass is 9.92. The SMILES string of the molecule is C=CC(=O)N1CCn2nc(-c3nc(-c4ccc5c(c4)CN(C)C(=O)C5)c4ccsc4c3C3=C(F)C=C=C=C3OCCOC)cc2[C@H]1C. The lowest BCUT2D eigenvalue weighted by Crippen LogP contribution is -2.40. The van der Waals surface area contributed by atoms with Crippen LogP contribution in [0.3, 0.4) is 0 Å². The summed E-state index contributed by atoms with van der Waals surface area (Å²) in [5.41, 5.74) is 12.0. The third-order valence-electron chi connectivity index (χ3n) is 8.86. The third kappa shape index (κ3) is 5.33. The molecule has 0 radical (unpaired) electrons. The van der Waals surface area contributed by atoms with Crippen molar-refractivity contribution in [2.45, 2.75) is 32.5 Å². The van der Waals surface area contributed by atoms with Crippen molar-refractivity contribution in [1.29, 1.82) is 0 Å². The van der Waals surface area contributed by atoms with Crippen molar-refractivity contribution in [3.8, 4) is 22.6 Å². The number of nitrogens with zero attached hydrogens (tertiary/aromatic N) is 5. The van der Waals surface area contributed by atoms with Crippen LogP contribution in [0.25, 0.3) is 38.3 Å². The molecule has 9 nitrogen and oxygen atoms in total. The molecule has 0 bridgehead atoms. The second-order valence-electron chi connectivity index (χ2n) is 11.7. The number of benzene rings is 1. The van der Waals surface area contributed by atoms with Gasteiger partial charge >= 0.3 is 0 Å². The Labute approximate surface area is 275 Å². The van der Waals surface area contributed by atoms with E-state index >= 15 is 4.39 Å². The number of carbonyl (C=O) groups excluding carboxylic acids is 2. The molecule has 2 amide bonds. The lowest BCUT2D eigenvalue weighted by Gasteiger charge is -2.33. The van der Waals surface area contributed by atoms with Crippen LogP contribution >= 0.6 is 11.3 Å². The number of amides is 2.